The number of rotatable bonds is 2. The molecule has 12 heavy (non-hydrogen) atoms. The van der Waals surface area contributed by atoms with Crippen LogP contribution >= 0.6 is 0 Å². The fourth-order valence-electron chi connectivity index (χ4n) is 1.93. The van der Waals surface area contributed by atoms with Gasteiger partial charge in [0.1, 0.15) is 0 Å². The van der Waals surface area contributed by atoms with E-state index in [-0.39, 0.29) is 0 Å². The van der Waals surface area contributed by atoms with Crippen LogP contribution in [0.5, 0.6) is 0 Å². The molecule has 0 aliphatic carbocycles. The molecule has 1 aliphatic heterocycles. The Morgan fingerprint density at radius 2 is 2.33 bits per heavy atom. The Morgan fingerprint density at radius 3 is 2.83 bits per heavy atom. The van der Waals surface area contributed by atoms with Crippen LogP contribution in [0.4, 0.5) is 0 Å². The van der Waals surface area contributed by atoms with Gasteiger partial charge >= 0.3 is 5.97 Å². The van der Waals surface area contributed by atoms with Gasteiger partial charge in [0.2, 0.25) is 0 Å². The van der Waals surface area contributed by atoms with Crippen molar-refractivity contribution >= 4 is 5.97 Å². The molecular weight excluding hydrogens is 154 g/mol. The van der Waals surface area contributed by atoms with E-state index in [9.17, 15) is 4.79 Å². The van der Waals surface area contributed by atoms with Crippen molar-refractivity contribution in [3.63, 3.8) is 0 Å². The molecule has 0 aromatic rings. The lowest BCUT2D eigenvalue weighted by Gasteiger charge is -2.33. The maximum absolute atomic E-state index is 10.5. The summed E-state index contributed by atoms with van der Waals surface area (Å²) >= 11 is 0. The molecule has 0 aromatic heterocycles. The first-order valence-corrected chi connectivity index (χ1v) is 4.50. The molecule has 70 valence electrons. The molecule has 0 spiro atoms. The lowest BCUT2D eigenvalue weighted by Crippen LogP contribution is -2.37. The molecular formula is C9H17NO2. The van der Waals surface area contributed by atoms with Crippen LogP contribution in [0.2, 0.25) is 0 Å². The van der Waals surface area contributed by atoms with Gasteiger partial charge in [-0.2, -0.15) is 0 Å². The zero-order valence-corrected chi connectivity index (χ0v) is 7.79. The average Bonchev–Trinajstić information content (AvgIpc) is 1.94. The van der Waals surface area contributed by atoms with E-state index in [4.69, 9.17) is 5.11 Å². The molecule has 0 radical (unpaired) electrons. The molecule has 1 aliphatic rings. The van der Waals surface area contributed by atoms with Crippen molar-refractivity contribution in [1.29, 1.82) is 0 Å². The molecule has 1 heterocycles. The minimum Gasteiger partial charge on any atom is -0.481 e. The smallest absolute Gasteiger partial charge is 0.303 e. The zero-order chi connectivity index (χ0) is 9.14. The molecule has 2 unspecified atom stereocenters. The number of likely N-dealkylation sites (tertiary alicyclic amines) is 1. The molecule has 1 saturated heterocycles. The highest BCUT2D eigenvalue weighted by Gasteiger charge is 2.25. The third-order valence-corrected chi connectivity index (χ3v) is 2.72. The van der Waals surface area contributed by atoms with Gasteiger partial charge in [0.25, 0.3) is 0 Å². The third kappa shape index (κ3) is 2.48. The summed E-state index contributed by atoms with van der Waals surface area (Å²) in [5.41, 5.74) is 0. The number of aliphatic carboxylic acids is 1. The lowest BCUT2D eigenvalue weighted by molar-refractivity contribution is -0.139. The van der Waals surface area contributed by atoms with Crippen molar-refractivity contribution in [3.05, 3.63) is 0 Å². The highest BCUT2D eigenvalue weighted by atomic mass is 16.4. The third-order valence-electron chi connectivity index (χ3n) is 2.72. The molecule has 0 bridgehead atoms. The summed E-state index contributed by atoms with van der Waals surface area (Å²) < 4.78 is 0. The maximum Gasteiger partial charge on any atom is 0.303 e. The van der Waals surface area contributed by atoms with Crippen LogP contribution in [0.3, 0.4) is 0 Å². The summed E-state index contributed by atoms with van der Waals surface area (Å²) in [7, 11) is 2.09. The topological polar surface area (TPSA) is 40.5 Å². The van der Waals surface area contributed by atoms with Gasteiger partial charge in [-0.15, -0.1) is 0 Å². The Labute approximate surface area is 73.4 Å². The van der Waals surface area contributed by atoms with E-state index in [0.717, 1.165) is 19.5 Å². The summed E-state index contributed by atoms with van der Waals surface area (Å²) in [5.74, 6) is 0.259. The first kappa shape index (κ1) is 9.52. The Bertz CT molecular complexity index is 170. The van der Waals surface area contributed by atoms with Crippen molar-refractivity contribution in [2.75, 3.05) is 20.1 Å². The highest BCUT2D eigenvalue weighted by Crippen LogP contribution is 2.24. The Hall–Kier alpha value is -0.570. The molecule has 3 nitrogen and oxygen atoms in total. The van der Waals surface area contributed by atoms with Gasteiger partial charge in [-0.05, 0) is 31.8 Å². The predicted octanol–water partition coefficient (Wildman–Crippen LogP) is 1.05. The Balaban J connectivity index is 2.39. The number of hydrogen-bond donors (Lipinski definition) is 1. The second-order valence-electron chi connectivity index (χ2n) is 3.89. The van der Waals surface area contributed by atoms with Crippen LogP contribution in [0.15, 0.2) is 0 Å². The van der Waals surface area contributed by atoms with Crippen molar-refractivity contribution < 1.29 is 9.90 Å². The molecule has 3 heteroatoms. The van der Waals surface area contributed by atoms with E-state index in [1.807, 2.05) is 0 Å². The van der Waals surface area contributed by atoms with Crippen molar-refractivity contribution in [2.45, 2.75) is 19.8 Å². The van der Waals surface area contributed by atoms with E-state index in [1.165, 1.54) is 0 Å². The maximum atomic E-state index is 10.5. The molecule has 2 atom stereocenters. The number of piperidine rings is 1. The van der Waals surface area contributed by atoms with Crippen molar-refractivity contribution in [1.82, 2.24) is 4.90 Å². The van der Waals surface area contributed by atoms with Crippen LogP contribution in [-0.2, 0) is 4.79 Å². The van der Waals surface area contributed by atoms with Gasteiger partial charge in [0.15, 0.2) is 0 Å². The molecule has 0 saturated carbocycles. The zero-order valence-electron chi connectivity index (χ0n) is 7.79. The number of carboxylic acids is 1. The largest absolute Gasteiger partial charge is 0.481 e. The number of carboxylic acid groups (broad SMARTS) is 1. The fraction of sp³-hybridized carbons (Fsp3) is 0.889. The van der Waals surface area contributed by atoms with Crippen LogP contribution in [0, 0.1) is 11.8 Å². The predicted molar refractivity (Wildman–Crippen MR) is 47.0 cm³/mol. The summed E-state index contributed by atoms with van der Waals surface area (Å²) in [6.45, 7) is 4.23. The highest BCUT2D eigenvalue weighted by molar-refractivity contribution is 5.67. The van der Waals surface area contributed by atoms with Gasteiger partial charge < -0.3 is 10.0 Å². The molecule has 1 fully saturated rings. The van der Waals surface area contributed by atoms with Gasteiger partial charge in [-0.1, -0.05) is 6.92 Å². The van der Waals surface area contributed by atoms with Crippen LogP contribution in [-0.4, -0.2) is 36.1 Å². The summed E-state index contributed by atoms with van der Waals surface area (Å²) in [6.07, 6.45) is 1.37. The summed E-state index contributed by atoms with van der Waals surface area (Å²) in [6, 6.07) is 0. The van der Waals surface area contributed by atoms with E-state index in [1.54, 1.807) is 0 Å². The number of carbonyl (C=O) groups is 1. The lowest BCUT2D eigenvalue weighted by atomic mass is 9.85. The number of nitrogens with zero attached hydrogens (tertiary/aromatic N) is 1. The molecule has 1 N–H and O–H groups in total. The van der Waals surface area contributed by atoms with Gasteiger partial charge in [-0.25, -0.2) is 0 Å². The normalized spacial score (nSPS) is 31.8. The van der Waals surface area contributed by atoms with E-state index >= 15 is 0 Å². The average molecular weight is 171 g/mol. The number of hydrogen-bond acceptors (Lipinski definition) is 2. The Morgan fingerprint density at radius 1 is 1.67 bits per heavy atom. The van der Waals surface area contributed by atoms with Crippen LogP contribution < -0.4 is 0 Å². The van der Waals surface area contributed by atoms with Crippen molar-refractivity contribution in [3.8, 4) is 0 Å². The van der Waals surface area contributed by atoms with Crippen LogP contribution in [0.25, 0.3) is 0 Å². The fourth-order valence-corrected chi connectivity index (χ4v) is 1.93. The first-order valence-electron chi connectivity index (χ1n) is 4.50. The van der Waals surface area contributed by atoms with E-state index in [0.29, 0.717) is 18.3 Å². The van der Waals surface area contributed by atoms with Crippen molar-refractivity contribution in [2.24, 2.45) is 11.8 Å². The molecule has 0 aromatic carbocycles. The molecule has 0 amide bonds. The van der Waals surface area contributed by atoms with Crippen LogP contribution in [0.1, 0.15) is 19.8 Å². The van der Waals surface area contributed by atoms with Gasteiger partial charge in [0.05, 0.1) is 0 Å². The van der Waals surface area contributed by atoms with E-state index in [2.05, 4.69) is 18.9 Å². The SMILES string of the molecule is CC1CN(C)CCC1CC(=O)O. The van der Waals surface area contributed by atoms with Gasteiger partial charge in [0, 0.05) is 13.0 Å². The van der Waals surface area contributed by atoms with Gasteiger partial charge in [-0.3, -0.25) is 4.79 Å². The first-order chi connectivity index (χ1) is 5.59. The second kappa shape index (κ2) is 3.90. The second-order valence-corrected chi connectivity index (χ2v) is 3.89. The minimum atomic E-state index is -0.656. The monoisotopic (exact) mass is 171 g/mol. The molecule has 1 rings (SSSR count). The summed E-state index contributed by atoms with van der Waals surface area (Å²) in [4.78, 5) is 12.7. The Kier molecular flexibility index (Phi) is 3.09. The minimum absolute atomic E-state index is 0.342. The standard InChI is InChI=1S/C9H17NO2/c1-7-6-10(2)4-3-8(7)5-9(11)12/h7-8H,3-6H2,1-2H3,(H,11,12). The summed E-state index contributed by atoms with van der Waals surface area (Å²) in [5, 5.41) is 8.64. The van der Waals surface area contributed by atoms with E-state index < -0.39 is 5.97 Å². The quantitative estimate of drug-likeness (QED) is 0.675.